The van der Waals surface area contributed by atoms with Gasteiger partial charge in [0.2, 0.25) is 0 Å². The Morgan fingerprint density at radius 3 is 2.18 bits per heavy atom. The van der Waals surface area contributed by atoms with Crippen LogP contribution in [0.5, 0.6) is 0 Å². The average molecular weight is 314 g/mol. The molecule has 0 saturated heterocycles. The first-order valence-electron chi connectivity index (χ1n) is 9.54. The number of carbonyl (C=O) groups excluding carboxylic acids is 1. The summed E-state index contributed by atoms with van der Waals surface area (Å²) in [6.45, 7) is 10.3. The van der Waals surface area contributed by atoms with Crippen LogP contribution in [0.1, 0.15) is 91.9 Å². The van der Waals surface area contributed by atoms with Crippen LogP contribution in [0.3, 0.4) is 0 Å². The Bertz CT molecular complexity index is 256. The Morgan fingerprint density at radius 1 is 0.909 bits per heavy atom. The lowest BCUT2D eigenvalue weighted by atomic mass is 9.91. The molecule has 0 aliphatic rings. The van der Waals surface area contributed by atoms with E-state index in [0.29, 0.717) is 12.5 Å². The number of hydrogen-bond donors (Lipinski definition) is 1. The summed E-state index contributed by atoms with van der Waals surface area (Å²) in [7, 11) is 0. The topological polar surface area (TPSA) is 38.3 Å². The van der Waals surface area contributed by atoms with Crippen molar-refractivity contribution in [1.29, 1.82) is 0 Å². The second kappa shape index (κ2) is 15.2. The molecule has 0 fully saturated rings. The van der Waals surface area contributed by atoms with E-state index in [1.54, 1.807) is 0 Å². The van der Waals surface area contributed by atoms with Crippen molar-refractivity contribution in [1.82, 2.24) is 5.32 Å². The first-order valence-corrected chi connectivity index (χ1v) is 9.54. The Labute approximate surface area is 138 Å². The van der Waals surface area contributed by atoms with Crippen LogP contribution in [-0.4, -0.2) is 19.2 Å². The maximum Gasteiger partial charge on any atom is 0.407 e. The zero-order chi connectivity index (χ0) is 16.6. The Hall–Kier alpha value is -0.730. The van der Waals surface area contributed by atoms with Gasteiger partial charge in [-0.1, -0.05) is 72.6 Å². The van der Waals surface area contributed by atoms with Crippen molar-refractivity contribution in [2.24, 2.45) is 11.8 Å². The highest BCUT2D eigenvalue weighted by Crippen LogP contribution is 2.21. The van der Waals surface area contributed by atoms with Crippen molar-refractivity contribution >= 4 is 6.09 Å². The maximum absolute atomic E-state index is 11.6. The van der Waals surface area contributed by atoms with Crippen molar-refractivity contribution in [3.63, 3.8) is 0 Å². The van der Waals surface area contributed by atoms with Gasteiger partial charge in [0.1, 0.15) is 0 Å². The largest absolute Gasteiger partial charge is 0.449 e. The van der Waals surface area contributed by atoms with Crippen LogP contribution in [-0.2, 0) is 4.74 Å². The van der Waals surface area contributed by atoms with E-state index in [0.717, 1.165) is 25.3 Å². The van der Waals surface area contributed by atoms with Crippen molar-refractivity contribution in [3.05, 3.63) is 0 Å². The van der Waals surface area contributed by atoms with Gasteiger partial charge in [-0.2, -0.15) is 0 Å². The van der Waals surface area contributed by atoms with Gasteiger partial charge in [0.15, 0.2) is 0 Å². The fourth-order valence-electron chi connectivity index (χ4n) is 2.63. The minimum Gasteiger partial charge on any atom is -0.449 e. The molecule has 0 heterocycles. The summed E-state index contributed by atoms with van der Waals surface area (Å²) < 4.78 is 5.41. The summed E-state index contributed by atoms with van der Waals surface area (Å²) in [4.78, 5) is 11.6. The van der Waals surface area contributed by atoms with E-state index >= 15 is 0 Å². The second-order valence-corrected chi connectivity index (χ2v) is 6.71. The normalized spacial score (nSPS) is 13.6. The first-order chi connectivity index (χ1) is 10.6. The van der Waals surface area contributed by atoms with Gasteiger partial charge in [-0.25, -0.2) is 4.79 Å². The lowest BCUT2D eigenvalue weighted by Gasteiger charge is -2.19. The molecule has 0 aromatic carbocycles. The first kappa shape index (κ1) is 21.3. The summed E-state index contributed by atoms with van der Waals surface area (Å²) in [5.41, 5.74) is 0. The van der Waals surface area contributed by atoms with Crippen LogP contribution in [0.25, 0.3) is 0 Å². The van der Waals surface area contributed by atoms with Gasteiger partial charge in [-0.3, -0.25) is 0 Å². The lowest BCUT2D eigenvalue weighted by Crippen LogP contribution is -2.27. The van der Waals surface area contributed by atoms with Crippen LogP contribution < -0.4 is 5.32 Å². The van der Waals surface area contributed by atoms with Gasteiger partial charge in [0.25, 0.3) is 0 Å². The van der Waals surface area contributed by atoms with E-state index in [2.05, 4.69) is 33.0 Å². The van der Waals surface area contributed by atoms with Gasteiger partial charge in [0.05, 0.1) is 6.61 Å². The molecular weight excluding hydrogens is 274 g/mol. The molecule has 3 heteroatoms. The summed E-state index contributed by atoms with van der Waals surface area (Å²) >= 11 is 0. The van der Waals surface area contributed by atoms with Gasteiger partial charge in [-0.05, 0) is 31.1 Å². The fourth-order valence-corrected chi connectivity index (χ4v) is 2.63. The van der Waals surface area contributed by atoms with E-state index in [-0.39, 0.29) is 6.09 Å². The van der Waals surface area contributed by atoms with Crippen LogP contribution in [0.2, 0.25) is 0 Å². The highest BCUT2D eigenvalue weighted by molar-refractivity contribution is 5.66. The fraction of sp³-hybridized carbons (Fsp3) is 0.947. The molecule has 0 rings (SSSR count). The number of carbonyl (C=O) groups is 1. The zero-order valence-electron chi connectivity index (χ0n) is 15.5. The molecule has 1 N–H and O–H groups in total. The van der Waals surface area contributed by atoms with Crippen molar-refractivity contribution in [2.45, 2.75) is 91.9 Å². The smallest absolute Gasteiger partial charge is 0.407 e. The van der Waals surface area contributed by atoms with Crippen LogP contribution >= 0.6 is 0 Å². The summed E-state index contributed by atoms with van der Waals surface area (Å²) in [5, 5.41) is 2.83. The quantitative estimate of drug-likeness (QED) is 0.404. The summed E-state index contributed by atoms with van der Waals surface area (Å²) in [5.74, 6) is 1.32. The number of unbranched alkanes of at least 4 members (excludes halogenated alkanes) is 3. The molecule has 22 heavy (non-hydrogen) atoms. The predicted molar refractivity (Wildman–Crippen MR) is 95.2 cm³/mol. The lowest BCUT2D eigenvalue weighted by molar-refractivity contribution is 0.119. The van der Waals surface area contributed by atoms with Gasteiger partial charge in [0, 0.05) is 6.54 Å². The monoisotopic (exact) mass is 313 g/mol. The predicted octanol–water partition coefficient (Wildman–Crippen LogP) is 5.93. The highest BCUT2D eigenvalue weighted by Gasteiger charge is 2.13. The molecule has 0 aromatic heterocycles. The third-order valence-corrected chi connectivity index (χ3v) is 4.33. The van der Waals surface area contributed by atoms with Crippen molar-refractivity contribution < 1.29 is 9.53 Å². The molecule has 0 radical (unpaired) electrons. The SMILES string of the molecule is CCCCNC(=O)OCC(CCCC)CCC(C)CCCC. The molecule has 0 bridgehead atoms. The molecule has 132 valence electrons. The number of rotatable bonds is 14. The van der Waals surface area contributed by atoms with Crippen LogP contribution in [0.4, 0.5) is 4.79 Å². The van der Waals surface area contributed by atoms with Gasteiger partial charge in [-0.15, -0.1) is 0 Å². The van der Waals surface area contributed by atoms with Gasteiger partial charge < -0.3 is 10.1 Å². The molecule has 2 atom stereocenters. The zero-order valence-corrected chi connectivity index (χ0v) is 15.5. The minimum absolute atomic E-state index is 0.242. The molecule has 3 nitrogen and oxygen atoms in total. The van der Waals surface area contributed by atoms with Crippen LogP contribution in [0.15, 0.2) is 0 Å². The third kappa shape index (κ3) is 13.0. The third-order valence-electron chi connectivity index (χ3n) is 4.33. The number of ether oxygens (including phenoxy) is 1. The summed E-state index contributed by atoms with van der Waals surface area (Å²) in [6.07, 6.45) is 11.9. The maximum atomic E-state index is 11.6. The second-order valence-electron chi connectivity index (χ2n) is 6.71. The Kier molecular flexibility index (Phi) is 14.7. The molecular formula is C19H39NO2. The molecule has 0 aromatic rings. The minimum atomic E-state index is -0.242. The van der Waals surface area contributed by atoms with Crippen molar-refractivity contribution in [3.8, 4) is 0 Å². The van der Waals surface area contributed by atoms with Crippen LogP contribution in [0, 0.1) is 11.8 Å². The highest BCUT2D eigenvalue weighted by atomic mass is 16.5. The van der Waals surface area contributed by atoms with Gasteiger partial charge >= 0.3 is 6.09 Å². The summed E-state index contributed by atoms with van der Waals surface area (Å²) in [6, 6.07) is 0. The Balaban J connectivity index is 3.97. The molecule has 0 saturated carbocycles. The standard InChI is InChI=1S/C19H39NO2/c1-5-8-11-17(4)13-14-18(12-9-6-2)16-22-19(21)20-15-10-7-3/h17-18H,5-16H2,1-4H3,(H,20,21). The van der Waals surface area contributed by atoms with E-state index in [9.17, 15) is 4.79 Å². The Morgan fingerprint density at radius 2 is 1.55 bits per heavy atom. The molecule has 2 unspecified atom stereocenters. The number of nitrogens with one attached hydrogen (secondary N) is 1. The number of hydrogen-bond acceptors (Lipinski definition) is 2. The molecule has 0 spiro atoms. The van der Waals surface area contributed by atoms with E-state index in [1.807, 2.05) is 0 Å². The average Bonchev–Trinajstić information content (AvgIpc) is 2.52. The molecule has 1 amide bonds. The van der Waals surface area contributed by atoms with E-state index < -0.39 is 0 Å². The van der Waals surface area contributed by atoms with E-state index in [1.165, 1.54) is 51.4 Å². The number of alkyl carbamates (subject to hydrolysis) is 1. The van der Waals surface area contributed by atoms with E-state index in [4.69, 9.17) is 4.74 Å². The number of amides is 1. The molecule has 0 aliphatic heterocycles. The van der Waals surface area contributed by atoms with Crippen molar-refractivity contribution in [2.75, 3.05) is 13.2 Å². The molecule has 0 aliphatic carbocycles.